The number of nitrogens with one attached hydrogen (secondary N) is 1. The number of ether oxygens (including phenoxy) is 1. The first-order valence-electron chi connectivity index (χ1n) is 13.1. The van der Waals surface area contributed by atoms with Crippen molar-refractivity contribution >= 4 is 35.4 Å². The van der Waals surface area contributed by atoms with E-state index in [0.29, 0.717) is 35.5 Å². The number of H-pyrrole nitrogens is 1. The number of amides is 1. The van der Waals surface area contributed by atoms with E-state index >= 15 is 0 Å². The van der Waals surface area contributed by atoms with Crippen LogP contribution in [0.2, 0.25) is 5.02 Å². The second kappa shape index (κ2) is 12.6. The maximum absolute atomic E-state index is 13.3. The van der Waals surface area contributed by atoms with Crippen LogP contribution in [0.5, 0.6) is 0 Å². The summed E-state index contributed by atoms with van der Waals surface area (Å²) in [5, 5.41) is 7.86. The van der Waals surface area contributed by atoms with Gasteiger partial charge in [0.15, 0.2) is 6.10 Å². The number of rotatable bonds is 7. The summed E-state index contributed by atoms with van der Waals surface area (Å²) in [6.45, 7) is 4.80. The number of hydrogen-bond donors (Lipinski definition) is 2. The van der Waals surface area contributed by atoms with Crippen molar-refractivity contribution in [2.75, 3.05) is 43.4 Å². The van der Waals surface area contributed by atoms with Crippen LogP contribution >= 0.6 is 11.6 Å². The van der Waals surface area contributed by atoms with Gasteiger partial charge in [-0.25, -0.2) is 9.89 Å². The molecule has 2 saturated heterocycles. The molecule has 3 N–H and O–H groups in total. The molecule has 0 bridgehead atoms. The molecule has 2 aliphatic heterocycles. The molecule has 3 heterocycles. The van der Waals surface area contributed by atoms with Crippen molar-refractivity contribution in [3.8, 4) is 0 Å². The number of nitrogens with zero attached hydrogens (tertiary/aromatic N) is 5. The number of alkyl halides is 3. The van der Waals surface area contributed by atoms with Gasteiger partial charge >= 0.3 is 12.1 Å². The zero-order valence-corrected chi connectivity index (χ0v) is 23.0. The zero-order chi connectivity index (χ0) is 29.0. The third kappa shape index (κ3) is 7.55. The maximum atomic E-state index is 13.3. The standard InChI is InChI=1S/C25H33ClF3N7O4/c1-15(2)12-36(40-22(38)25(27,28)29)21(37)20-13-35(19(14-39-20)11-16-3-5-17(26)6-4-16)18-7-9-34(10-8-18)24-31-23(30)32-33-24/h3-6,15,18-20H,7-14H2,1-2H3,(H3,30,31,32,33)/t19-,20+/m0/s1. The minimum Gasteiger partial charge on any atom is -0.368 e. The molecule has 1 aromatic heterocycles. The van der Waals surface area contributed by atoms with Crippen LogP contribution in [-0.2, 0) is 25.6 Å². The number of piperidine rings is 1. The fourth-order valence-electron chi connectivity index (χ4n) is 5.00. The van der Waals surface area contributed by atoms with Crippen LogP contribution in [0.1, 0.15) is 32.3 Å². The number of anilines is 2. The zero-order valence-electron chi connectivity index (χ0n) is 22.2. The molecular formula is C25H33ClF3N7O4. The predicted octanol–water partition coefficient (Wildman–Crippen LogP) is 2.83. The van der Waals surface area contributed by atoms with Gasteiger partial charge in [-0.3, -0.25) is 9.69 Å². The molecule has 220 valence electrons. The molecule has 2 atom stereocenters. The molecule has 40 heavy (non-hydrogen) atoms. The van der Waals surface area contributed by atoms with E-state index in [9.17, 15) is 22.8 Å². The maximum Gasteiger partial charge on any atom is 0.493 e. The van der Waals surface area contributed by atoms with Crippen LogP contribution in [0, 0.1) is 5.92 Å². The topological polar surface area (TPSA) is 130 Å². The van der Waals surface area contributed by atoms with Crippen LogP contribution in [-0.4, -0.2) is 94.2 Å². The van der Waals surface area contributed by atoms with Crippen molar-refractivity contribution in [3.63, 3.8) is 0 Å². The van der Waals surface area contributed by atoms with Crippen molar-refractivity contribution in [3.05, 3.63) is 34.9 Å². The smallest absolute Gasteiger partial charge is 0.368 e. The number of morpholine rings is 1. The highest BCUT2D eigenvalue weighted by Gasteiger charge is 2.45. The van der Waals surface area contributed by atoms with Crippen molar-refractivity contribution in [2.45, 2.75) is 57.5 Å². The lowest BCUT2D eigenvalue weighted by molar-refractivity contribution is -0.242. The van der Waals surface area contributed by atoms with E-state index < -0.39 is 24.2 Å². The number of halogens is 4. The van der Waals surface area contributed by atoms with Gasteiger partial charge in [0.1, 0.15) is 0 Å². The van der Waals surface area contributed by atoms with Gasteiger partial charge in [0, 0.05) is 36.7 Å². The van der Waals surface area contributed by atoms with Crippen LogP contribution in [0.15, 0.2) is 24.3 Å². The normalized spacial score (nSPS) is 21.0. The molecule has 4 rings (SSSR count). The van der Waals surface area contributed by atoms with Crippen LogP contribution in [0.25, 0.3) is 0 Å². The highest BCUT2D eigenvalue weighted by Crippen LogP contribution is 2.28. The molecule has 0 unspecified atom stereocenters. The van der Waals surface area contributed by atoms with Gasteiger partial charge in [-0.2, -0.15) is 23.2 Å². The van der Waals surface area contributed by atoms with Gasteiger partial charge in [0.25, 0.3) is 5.91 Å². The first-order valence-corrected chi connectivity index (χ1v) is 13.4. The van der Waals surface area contributed by atoms with E-state index in [1.807, 2.05) is 17.0 Å². The number of aromatic nitrogens is 3. The Labute approximate surface area is 234 Å². The van der Waals surface area contributed by atoms with Gasteiger partial charge in [-0.15, -0.1) is 5.10 Å². The van der Waals surface area contributed by atoms with Gasteiger partial charge in [-0.05, 0) is 42.9 Å². The lowest BCUT2D eigenvalue weighted by Gasteiger charge is -2.46. The first kappa shape index (κ1) is 29.9. The summed E-state index contributed by atoms with van der Waals surface area (Å²) >= 11 is 6.05. The number of nitrogens with two attached hydrogens (primary N) is 1. The van der Waals surface area contributed by atoms with Crippen molar-refractivity contribution in [1.82, 2.24) is 25.1 Å². The number of carbonyl (C=O) groups is 2. The number of nitrogen functional groups attached to an aromatic ring is 1. The van der Waals surface area contributed by atoms with E-state index in [-0.39, 0.29) is 43.6 Å². The third-order valence-corrected chi connectivity index (χ3v) is 7.16. The van der Waals surface area contributed by atoms with Crippen molar-refractivity contribution < 1.29 is 32.3 Å². The molecule has 15 heteroatoms. The van der Waals surface area contributed by atoms with Gasteiger partial charge in [0.05, 0.1) is 13.2 Å². The van der Waals surface area contributed by atoms with E-state index in [2.05, 4.69) is 24.9 Å². The van der Waals surface area contributed by atoms with Crippen molar-refractivity contribution in [1.29, 1.82) is 0 Å². The molecular weight excluding hydrogens is 555 g/mol. The third-order valence-electron chi connectivity index (χ3n) is 6.90. The van der Waals surface area contributed by atoms with Gasteiger partial charge < -0.3 is 20.2 Å². The summed E-state index contributed by atoms with van der Waals surface area (Å²) in [5.74, 6) is -2.78. The summed E-state index contributed by atoms with van der Waals surface area (Å²) in [6, 6.07) is 7.41. The molecule has 0 saturated carbocycles. The predicted molar refractivity (Wildman–Crippen MR) is 140 cm³/mol. The van der Waals surface area contributed by atoms with E-state index in [1.54, 1.807) is 26.0 Å². The SMILES string of the molecule is CC(C)CN(OC(=O)C(F)(F)F)C(=O)[C@H]1CN(C2CCN(c3n[nH]c(N)n3)CC2)[C@@H](Cc2ccc(Cl)cc2)CO1. The number of hydroxylamine groups is 2. The molecule has 2 fully saturated rings. The lowest BCUT2D eigenvalue weighted by atomic mass is 9.96. The highest BCUT2D eigenvalue weighted by molar-refractivity contribution is 6.30. The largest absolute Gasteiger partial charge is 0.493 e. The fraction of sp³-hybridized carbons (Fsp3) is 0.600. The molecule has 0 radical (unpaired) electrons. The van der Waals surface area contributed by atoms with Gasteiger partial charge in [0.2, 0.25) is 11.9 Å². The highest BCUT2D eigenvalue weighted by atomic mass is 35.5. The average Bonchev–Trinajstić information content (AvgIpc) is 3.35. The molecule has 0 spiro atoms. The van der Waals surface area contributed by atoms with Crippen LogP contribution < -0.4 is 10.6 Å². The Kier molecular flexibility index (Phi) is 9.41. The lowest BCUT2D eigenvalue weighted by Crippen LogP contribution is -2.60. The Hall–Kier alpha value is -3.10. The Bertz CT molecular complexity index is 1160. The number of benzene rings is 1. The Morgan fingerprint density at radius 1 is 1.25 bits per heavy atom. The van der Waals surface area contributed by atoms with Crippen LogP contribution in [0.3, 0.4) is 0 Å². The van der Waals surface area contributed by atoms with E-state index in [0.717, 1.165) is 18.4 Å². The van der Waals surface area contributed by atoms with Crippen LogP contribution in [0.4, 0.5) is 25.1 Å². The Morgan fingerprint density at radius 3 is 2.50 bits per heavy atom. The fourth-order valence-corrected chi connectivity index (χ4v) is 5.13. The molecule has 11 nitrogen and oxygen atoms in total. The Morgan fingerprint density at radius 2 is 1.93 bits per heavy atom. The number of aromatic amines is 1. The first-order chi connectivity index (χ1) is 18.9. The molecule has 1 aromatic carbocycles. The quantitative estimate of drug-likeness (QED) is 0.470. The summed E-state index contributed by atoms with van der Waals surface area (Å²) in [4.78, 5) is 37.8. The monoisotopic (exact) mass is 587 g/mol. The Balaban J connectivity index is 1.50. The minimum atomic E-state index is -5.24. The van der Waals surface area contributed by atoms with E-state index in [4.69, 9.17) is 22.1 Å². The molecule has 2 aliphatic rings. The van der Waals surface area contributed by atoms with E-state index in [1.165, 1.54) is 0 Å². The number of hydrogen-bond acceptors (Lipinski definition) is 9. The average molecular weight is 588 g/mol. The summed E-state index contributed by atoms with van der Waals surface area (Å²) in [7, 11) is 0. The summed E-state index contributed by atoms with van der Waals surface area (Å²) < 4.78 is 44.7. The summed E-state index contributed by atoms with van der Waals surface area (Å²) in [6.07, 6.45) is -4.27. The molecule has 1 amide bonds. The minimum absolute atomic E-state index is 0.0558. The van der Waals surface area contributed by atoms with Gasteiger partial charge in [-0.1, -0.05) is 37.6 Å². The molecule has 0 aliphatic carbocycles. The second-order valence-electron chi connectivity index (χ2n) is 10.4. The molecule has 2 aromatic rings. The summed E-state index contributed by atoms with van der Waals surface area (Å²) in [5.41, 5.74) is 6.70. The second-order valence-corrected chi connectivity index (χ2v) is 10.8. The van der Waals surface area contributed by atoms with Crippen molar-refractivity contribution in [2.24, 2.45) is 5.92 Å². The number of carbonyl (C=O) groups excluding carboxylic acids is 2.